The fraction of sp³-hybridized carbons (Fsp3) is 0.667. The number of aliphatic hydroxyl groups excluding tert-OH is 1. The van der Waals surface area contributed by atoms with Crippen LogP contribution in [0.15, 0.2) is 0 Å². The fourth-order valence-corrected chi connectivity index (χ4v) is 0.513. The van der Waals surface area contributed by atoms with Crippen molar-refractivity contribution in [3.05, 3.63) is 0 Å². The summed E-state index contributed by atoms with van der Waals surface area (Å²) in [6, 6.07) is -0.856. The topological polar surface area (TPSA) is 92.4 Å². The van der Waals surface area contributed by atoms with Crippen LogP contribution in [0.1, 0.15) is 6.92 Å². The Balaban J connectivity index is 3.87. The summed E-state index contributed by atoms with van der Waals surface area (Å²) in [5.41, 5.74) is 4.97. The Kier molecular flexibility index (Phi) is 4.40. The summed E-state index contributed by atoms with van der Waals surface area (Å²) in [4.78, 5) is 20.8. The molecule has 0 bridgehead atoms. The van der Waals surface area contributed by atoms with Crippen LogP contribution in [-0.2, 0) is 9.59 Å². The largest absolute Gasteiger partial charge is 0.391 e. The number of nitrogens with two attached hydrogens (primary N) is 1. The molecule has 0 aromatic carbocycles. The normalized spacial score (nSPS) is 15.2. The van der Waals surface area contributed by atoms with Crippen molar-refractivity contribution in [1.82, 2.24) is 5.32 Å². The maximum absolute atomic E-state index is 10.6. The van der Waals surface area contributed by atoms with E-state index >= 15 is 0 Å². The predicted octanol–water partition coefficient (Wildman–Crippen LogP) is -1.99. The number of amides is 1. The first-order valence-corrected chi connectivity index (χ1v) is 3.24. The molecule has 0 aromatic rings. The van der Waals surface area contributed by atoms with Crippen LogP contribution in [0.2, 0.25) is 0 Å². The molecule has 0 aliphatic carbocycles. The molecular weight excluding hydrogens is 148 g/mol. The number of aldehydes is 1. The number of hydrogen-bond acceptors (Lipinski definition) is 4. The van der Waals surface area contributed by atoms with Crippen molar-refractivity contribution in [2.45, 2.75) is 19.1 Å². The molecule has 0 fully saturated rings. The highest BCUT2D eigenvalue weighted by Gasteiger charge is 2.14. The van der Waals surface area contributed by atoms with Gasteiger partial charge in [-0.25, -0.2) is 0 Å². The lowest BCUT2D eigenvalue weighted by molar-refractivity contribution is -0.124. The van der Waals surface area contributed by atoms with Gasteiger partial charge < -0.3 is 21.0 Å². The molecule has 11 heavy (non-hydrogen) atoms. The molecule has 5 nitrogen and oxygen atoms in total. The number of carbonyl (C=O) groups is 2. The van der Waals surface area contributed by atoms with E-state index in [1.807, 2.05) is 0 Å². The summed E-state index contributed by atoms with van der Waals surface area (Å²) in [6.07, 6.45) is -0.416. The van der Waals surface area contributed by atoms with Gasteiger partial charge in [0.25, 0.3) is 0 Å². The van der Waals surface area contributed by atoms with E-state index in [1.165, 1.54) is 6.92 Å². The SMILES string of the molecule is CC(O)C(C=O)NC(=O)CN. The maximum atomic E-state index is 10.6. The summed E-state index contributed by atoms with van der Waals surface area (Å²) in [5.74, 6) is -0.456. The minimum atomic E-state index is -0.886. The molecular formula is C6H12N2O3. The molecule has 0 aliphatic rings. The van der Waals surface area contributed by atoms with Gasteiger partial charge in [-0.3, -0.25) is 4.79 Å². The summed E-state index contributed by atoms with van der Waals surface area (Å²) < 4.78 is 0. The lowest BCUT2D eigenvalue weighted by Gasteiger charge is -2.13. The smallest absolute Gasteiger partial charge is 0.234 e. The second-order valence-electron chi connectivity index (χ2n) is 2.17. The highest BCUT2D eigenvalue weighted by Crippen LogP contribution is 1.87. The summed E-state index contributed by atoms with van der Waals surface area (Å²) in [5, 5.41) is 11.1. The molecule has 2 unspecified atom stereocenters. The lowest BCUT2D eigenvalue weighted by Crippen LogP contribution is -2.45. The van der Waals surface area contributed by atoms with E-state index in [0.29, 0.717) is 6.29 Å². The predicted molar refractivity (Wildman–Crippen MR) is 38.7 cm³/mol. The van der Waals surface area contributed by atoms with Gasteiger partial charge in [0.1, 0.15) is 12.3 Å². The molecule has 0 rings (SSSR count). The minimum Gasteiger partial charge on any atom is -0.391 e. The third-order valence-corrected chi connectivity index (χ3v) is 1.18. The summed E-state index contributed by atoms with van der Waals surface area (Å²) >= 11 is 0. The molecule has 0 saturated heterocycles. The first-order valence-electron chi connectivity index (χ1n) is 3.24. The highest BCUT2D eigenvalue weighted by molar-refractivity contribution is 5.81. The molecule has 0 heterocycles. The molecule has 0 radical (unpaired) electrons. The Morgan fingerprint density at radius 1 is 1.82 bits per heavy atom. The van der Waals surface area contributed by atoms with E-state index < -0.39 is 18.1 Å². The first-order chi connectivity index (χ1) is 5.11. The van der Waals surface area contributed by atoms with Gasteiger partial charge in [-0.1, -0.05) is 0 Å². The van der Waals surface area contributed by atoms with Crippen LogP contribution < -0.4 is 11.1 Å². The Labute approximate surface area is 64.6 Å². The highest BCUT2D eigenvalue weighted by atomic mass is 16.3. The molecule has 0 saturated carbocycles. The van der Waals surface area contributed by atoms with Gasteiger partial charge in [0.05, 0.1) is 12.6 Å². The third-order valence-electron chi connectivity index (χ3n) is 1.18. The van der Waals surface area contributed by atoms with Crippen LogP contribution in [0, 0.1) is 0 Å². The van der Waals surface area contributed by atoms with E-state index in [0.717, 1.165) is 0 Å². The van der Waals surface area contributed by atoms with Gasteiger partial charge in [0.2, 0.25) is 5.91 Å². The van der Waals surface area contributed by atoms with E-state index in [9.17, 15) is 9.59 Å². The first kappa shape index (κ1) is 10.1. The average molecular weight is 160 g/mol. The van der Waals surface area contributed by atoms with Crippen molar-refractivity contribution >= 4 is 12.2 Å². The van der Waals surface area contributed by atoms with E-state index in [-0.39, 0.29) is 6.54 Å². The Morgan fingerprint density at radius 2 is 2.36 bits per heavy atom. The number of nitrogens with one attached hydrogen (secondary N) is 1. The van der Waals surface area contributed by atoms with E-state index in [2.05, 4.69) is 5.32 Å². The number of carbonyl (C=O) groups excluding carboxylic acids is 2. The van der Waals surface area contributed by atoms with Crippen LogP contribution in [-0.4, -0.2) is 36.0 Å². The van der Waals surface area contributed by atoms with Crippen molar-refractivity contribution in [2.24, 2.45) is 5.73 Å². The molecule has 64 valence electrons. The van der Waals surface area contributed by atoms with Gasteiger partial charge >= 0.3 is 0 Å². The second-order valence-corrected chi connectivity index (χ2v) is 2.17. The van der Waals surface area contributed by atoms with Crippen LogP contribution in [0.25, 0.3) is 0 Å². The van der Waals surface area contributed by atoms with Gasteiger partial charge in [0, 0.05) is 0 Å². The number of aliphatic hydroxyl groups is 1. The Morgan fingerprint density at radius 3 is 2.64 bits per heavy atom. The lowest BCUT2D eigenvalue weighted by atomic mass is 10.2. The minimum absolute atomic E-state index is 0.183. The van der Waals surface area contributed by atoms with Crippen molar-refractivity contribution in [2.75, 3.05) is 6.54 Å². The average Bonchev–Trinajstić information content (AvgIpc) is 1.99. The summed E-state index contributed by atoms with van der Waals surface area (Å²) in [7, 11) is 0. The van der Waals surface area contributed by atoms with E-state index in [4.69, 9.17) is 10.8 Å². The van der Waals surface area contributed by atoms with Crippen LogP contribution >= 0.6 is 0 Å². The van der Waals surface area contributed by atoms with Crippen LogP contribution in [0.3, 0.4) is 0 Å². The molecule has 0 aliphatic heterocycles. The van der Waals surface area contributed by atoms with Crippen LogP contribution in [0.5, 0.6) is 0 Å². The third kappa shape index (κ3) is 3.69. The van der Waals surface area contributed by atoms with E-state index in [1.54, 1.807) is 0 Å². The molecule has 2 atom stereocenters. The maximum Gasteiger partial charge on any atom is 0.234 e. The fourth-order valence-electron chi connectivity index (χ4n) is 0.513. The standard InChI is InChI=1S/C6H12N2O3/c1-4(10)5(3-9)8-6(11)2-7/h3-5,10H,2,7H2,1H3,(H,8,11). The second kappa shape index (κ2) is 4.81. The van der Waals surface area contributed by atoms with Gasteiger partial charge in [-0.05, 0) is 6.92 Å². The zero-order valence-electron chi connectivity index (χ0n) is 6.28. The zero-order chi connectivity index (χ0) is 8.85. The molecule has 1 amide bonds. The van der Waals surface area contributed by atoms with Gasteiger partial charge in [-0.15, -0.1) is 0 Å². The van der Waals surface area contributed by atoms with Crippen molar-refractivity contribution < 1.29 is 14.7 Å². The number of hydrogen-bond donors (Lipinski definition) is 3. The van der Waals surface area contributed by atoms with Gasteiger partial charge in [0.15, 0.2) is 0 Å². The van der Waals surface area contributed by atoms with Crippen molar-refractivity contribution in [1.29, 1.82) is 0 Å². The van der Waals surface area contributed by atoms with Crippen molar-refractivity contribution in [3.63, 3.8) is 0 Å². The quantitative estimate of drug-likeness (QED) is 0.415. The molecule has 5 heteroatoms. The van der Waals surface area contributed by atoms with Crippen molar-refractivity contribution in [3.8, 4) is 0 Å². The monoisotopic (exact) mass is 160 g/mol. The summed E-state index contributed by atoms with van der Waals surface area (Å²) in [6.45, 7) is 1.23. The molecule has 0 aromatic heterocycles. The number of rotatable bonds is 4. The molecule has 4 N–H and O–H groups in total. The zero-order valence-corrected chi connectivity index (χ0v) is 6.28. The van der Waals surface area contributed by atoms with Crippen LogP contribution in [0.4, 0.5) is 0 Å². The Hall–Kier alpha value is -0.940. The Bertz CT molecular complexity index is 147. The molecule has 0 spiro atoms. The van der Waals surface area contributed by atoms with Gasteiger partial charge in [-0.2, -0.15) is 0 Å².